The van der Waals surface area contributed by atoms with Crippen molar-refractivity contribution in [3.63, 3.8) is 0 Å². The lowest BCUT2D eigenvalue weighted by molar-refractivity contribution is -0.121. The van der Waals surface area contributed by atoms with Crippen molar-refractivity contribution in [3.05, 3.63) is 22.4 Å². The Kier molecular flexibility index (Phi) is 4.57. The van der Waals surface area contributed by atoms with Crippen molar-refractivity contribution >= 4 is 17.2 Å². The van der Waals surface area contributed by atoms with Gasteiger partial charge in [0.15, 0.2) is 0 Å². The van der Waals surface area contributed by atoms with Gasteiger partial charge in [0.2, 0.25) is 5.91 Å². The fraction of sp³-hybridized carbons (Fsp3) is 0.615. The molecule has 17 heavy (non-hydrogen) atoms. The highest BCUT2D eigenvalue weighted by molar-refractivity contribution is 7.09. The third-order valence-corrected chi connectivity index (χ3v) is 3.76. The summed E-state index contributed by atoms with van der Waals surface area (Å²) in [4.78, 5) is 13.0. The monoisotopic (exact) mass is 252 g/mol. The van der Waals surface area contributed by atoms with E-state index in [4.69, 9.17) is 0 Å². The first-order chi connectivity index (χ1) is 8.24. The summed E-state index contributed by atoms with van der Waals surface area (Å²) in [7, 11) is 0. The lowest BCUT2D eigenvalue weighted by Crippen LogP contribution is -2.35. The molecule has 2 N–H and O–H groups in total. The Morgan fingerprint density at radius 2 is 2.41 bits per heavy atom. The lowest BCUT2D eigenvalue weighted by Gasteiger charge is -2.13. The van der Waals surface area contributed by atoms with Crippen LogP contribution in [0.15, 0.2) is 17.5 Å². The molecule has 1 aromatic rings. The summed E-state index contributed by atoms with van der Waals surface area (Å²) in [5, 5.41) is 8.46. The summed E-state index contributed by atoms with van der Waals surface area (Å²) in [6, 6.07) is 5.07. The highest BCUT2D eigenvalue weighted by atomic mass is 32.1. The van der Waals surface area contributed by atoms with Crippen LogP contribution in [0.5, 0.6) is 0 Å². The Morgan fingerprint density at radius 1 is 1.59 bits per heavy atom. The second-order valence-corrected chi connectivity index (χ2v) is 5.76. The van der Waals surface area contributed by atoms with Crippen LogP contribution in [-0.4, -0.2) is 24.5 Å². The Bertz CT molecular complexity index is 346. The van der Waals surface area contributed by atoms with Gasteiger partial charge in [0.25, 0.3) is 0 Å². The maximum absolute atomic E-state index is 11.6. The minimum absolute atomic E-state index is 0.155. The summed E-state index contributed by atoms with van der Waals surface area (Å²) < 4.78 is 0. The molecule has 0 bridgehead atoms. The van der Waals surface area contributed by atoms with Gasteiger partial charge in [-0.15, -0.1) is 11.3 Å². The summed E-state index contributed by atoms with van der Waals surface area (Å²) in [6.07, 6.45) is 4.07. The van der Waals surface area contributed by atoms with E-state index in [0.717, 1.165) is 13.0 Å². The second-order valence-electron chi connectivity index (χ2n) is 4.73. The van der Waals surface area contributed by atoms with Gasteiger partial charge in [0.05, 0.1) is 0 Å². The van der Waals surface area contributed by atoms with Crippen LogP contribution in [0.2, 0.25) is 0 Å². The van der Waals surface area contributed by atoms with E-state index in [1.165, 1.54) is 17.7 Å². The zero-order valence-corrected chi connectivity index (χ0v) is 11.1. The van der Waals surface area contributed by atoms with Gasteiger partial charge in [-0.05, 0) is 31.2 Å². The van der Waals surface area contributed by atoms with Gasteiger partial charge in [-0.3, -0.25) is 4.79 Å². The summed E-state index contributed by atoms with van der Waals surface area (Å²) in [5.41, 5.74) is 0. The van der Waals surface area contributed by atoms with E-state index in [2.05, 4.69) is 29.0 Å². The van der Waals surface area contributed by atoms with Gasteiger partial charge >= 0.3 is 0 Å². The van der Waals surface area contributed by atoms with Crippen molar-refractivity contribution in [2.24, 2.45) is 0 Å². The second kappa shape index (κ2) is 6.17. The highest BCUT2D eigenvalue weighted by Gasteiger charge is 2.20. The number of thiophene rings is 1. The maximum Gasteiger partial charge on any atom is 0.221 e. The molecule has 1 atom stereocenters. The molecule has 0 radical (unpaired) electrons. The number of hydrogen-bond donors (Lipinski definition) is 2. The summed E-state index contributed by atoms with van der Waals surface area (Å²) in [5.74, 6) is 0.155. The predicted octanol–water partition coefficient (Wildman–Crippen LogP) is 1.94. The number of nitrogens with one attached hydrogen (secondary N) is 2. The predicted molar refractivity (Wildman–Crippen MR) is 71.3 cm³/mol. The highest BCUT2D eigenvalue weighted by Crippen LogP contribution is 2.18. The largest absolute Gasteiger partial charge is 0.353 e. The van der Waals surface area contributed by atoms with Crippen LogP contribution < -0.4 is 10.6 Å². The molecular weight excluding hydrogens is 232 g/mol. The van der Waals surface area contributed by atoms with Gasteiger partial charge in [-0.25, -0.2) is 0 Å². The van der Waals surface area contributed by atoms with Gasteiger partial charge in [0, 0.05) is 36.3 Å². The van der Waals surface area contributed by atoms with E-state index in [0.29, 0.717) is 12.5 Å². The van der Waals surface area contributed by atoms with Crippen LogP contribution in [0, 0.1) is 0 Å². The minimum Gasteiger partial charge on any atom is -0.353 e. The van der Waals surface area contributed by atoms with E-state index in [-0.39, 0.29) is 11.9 Å². The molecule has 1 aromatic heterocycles. The van der Waals surface area contributed by atoms with Gasteiger partial charge in [0.1, 0.15) is 0 Å². The first-order valence-electron chi connectivity index (χ1n) is 6.29. The molecule has 2 rings (SSSR count). The minimum atomic E-state index is 0.155. The maximum atomic E-state index is 11.6. The van der Waals surface area contributed by atoms with E-state index in [9.17, 15) is 4.79 Å². The Hall–Kier alpha value is -0.870. The number of rotatable bonds is 7. The molecule has 1 amide bonds. The number of carbonyl (C=O) groups excluding carboxylic acids is 1. The van der Waals surface area contributed by atoms with Crippen LogP contribution in [0.3, 0.4) is 0 Å². The molecule has 0 spiro atoms. The molecule has 1 fully saturated rings. The van der Waals surface area contributed by atoms with Gasteiger partial charge in [-0.1, -0.05) is 6.07 Å². The molecule has 0 aliphatic heterocycles. The molecule has 1 heterocycles. The van der Waals surface area contributed by atoms with E-state index < -0.39 is 0 Å². The Labute approximate surface area is 107 Å². The number of carbonyl (C=O) groups is 1. The first kappa shape index (κ1) is 12.6. The van der Waals surface area contributed by atoms with E-state index in [1.807, 2.05) is 6.07 Å². The van der Waals surface area contributed by atoms with Crippen molar-refractivity contribution in [1.82, 2.24) is 10.6 Å². The van der Waals surface area contributed by atoms with Crippen LogP contribution >= 0.6 is 11.3 Å². The quantitative estimate of drug-likeness (QED) is 0.778. The number of hydrogen-bond acceptors (Lipinski definition) is 3. The average molecular weight is 252 g/mol. The van der Waals surface area contributed by atoms with Crippen LogP contribution in [-0.2, 0) is 11.2 Å². The topological polar surface area (TPSA) is 41.1 Å². The zero-order valence-electron chi connectivity index (χ0n) is 10.2. The molecular formula is C13H20N2OS. The Morgan fingerprint density at radius 3 is 3.06 bits per heavy atom. The fourth-order valence-corrected chi connectivity index (χ4v) is 2.64. The average Bonchev–Trinajstić information content (AvgIpc) is 2.95. The van der Waals surface area contributed by atoms with Crippen LogP contribution in [0.1, 0.15) is 31.1 Å². The summed E-state index contributed by atoms with van der Waals surface area (Å²) >= 11 is 1.74. The zero-order chi connectivity index (χ0) is 12.1. The first-order valence-corrected chi connectivity index (χ1v) is 7.17. The SMILES string of the molecule is CC(Cc1cccs1)NC(=O)CCNC1CC1. The number of amides is 1. The molecule has 3 nitrogen and oxygen atoms in total. The van der Waals surface area contributed by atoms with Crippen molar-refractivity contribution < 1.29 is 4.79 Å². The normalized spacial score (nSPS) is 16.8. The molecule has 1 aliphatic carbocycles. The molecule has 1 saturated carbocycles. The van der Waals surface area contributed by atoms with Crippen molar-refractivity contribution in [3.8, 4) is 0 Å². The smallest absolute Gasteiger partial charge is 0.221 e. The van der Waals surface area contributed by atoms with Crippen LogP contribution in [0.25, 0.3) is 0 Å². The van der Waals surface area contributed by atoms with Crippen molar-refractivity contribution in [1.29, 1.82) is 0 Å². The van der Waals surface area contributed by atoms with E-state index in [1.54, 1.807) is 11.3 Å². The summed E-state index contributed by atoms with van der Waals surface area (Å²) in [6.45, 7) is 2.87. The fourth-order valence-electron chi connectivity index (χ4n) is 1.81. The lowest BCUT2D eigenvalue weighted by atomic mass is 10.2. The van der Waals surface area contributed by atoms with Gasteiger partial charge < -0.3 is 10.6 Å². The molecule has 0 aromatic carbocycles. The van der Waals surface area contributed by atoms with E-state index >= 15 is 0 Å². The third kappa shape index (κ3) is 4.88. The molecule has 94 valence electrons. The Balaban J connectivity index is 1.59. The molecule has 0 saturated heterocycles. The van der Waals surface area contributed by atoms with Crippen molar-refractivity contribution in [2.45, 2.75) is 44.7 Å². The standard InChI is InChI=1S/C13H20N2OS/c1-10(9-12-3-2-8-17-12)15-13(16)6-7-14-11-4-5-11/h2-3,8,10-11,14H,4-7,9H2,1H3,(H,15,16). The van der Waals surface area contributed by atoms with Crippen LogP contribution in [0.4, 0.5) is 0 Å². The molecule has 4 heteroatoms. The molecule has 1 unspecified atom stereocenters. The molecule has 1 aliphatic rings. The van der Waals surface area contributed by atoms with Gasteiger partial charge in [-0.2, -0.15) is 0 Å². The third-order valence-electron chi connectivity index (χ3n) is 2.86. The van der Waals surface area contributed by atoms with Crippen molar-refractivity contribution in [2.75, 3.05) is 6.54 Å².